The van der Waals surface area contributed by atoms with E-state index in [2.05, 4.69) is 37.5 Å². The summed E-state index contributed by atoms with van der Waals surface area (Å²) < 4.78 is 11.4. The van der Waals surface area contributed by atoms with E-state index in [0.29, 0.717) is 31.7 Å². The van der Waals surface area contributed by atoms with Gasteiger partial charge in [-0.3, -0.25) is 0 Å². The molecule has 9 heteroatoms. The summed E-state index contributed by atoms with van der Waals surface area (Å²) in [6, 6.07) is 8.54. The van der Waals surface area contributed by atoms with E-state index in [1.54, 1.807) is 12.5 Å². The van der Waals surface area contributed by atoms with Gasteiger partial charge in [0, 0.05) is 48.1 Å². The second kappa shape index (κ2) is 9.38. The molecule has 1 aliphatic carbocycles. The fourth-order valence-electron chi connectivity index (χ4n) is 3.41. The first-order valence-electron chi connectivity index (χ1n) is 10.3. The van der Waals surface area contributed by atoms with E-state index >= 15 is 0 Å². The molecule has 0 spiro atoms. The first kappa shape index (κ1) is 21.2. The van der Waals surface area contributed by atoms with Gasteiger partial charge in [0.1, 0.15) is 31.2 Å². The SMILES string of the molecule is C[C@H](CNc1cc(-c2ccc(NC3CC3)nc2)ncn1)c1ccnc2c1OCCO2.S. The van der Waals surface area contributed by atoms with Crippen molar-refractivity contribution < 1.29 is 9.47 Å². The molecule has 1 aliphatic heterocycles. The average Bonchev–Trinajstić information content (AvgIpc) is 3.62. The third-order valence-electron chi connectivity index (χ3n) is 5.25. The van der Waals surface area contributed by atoms with Gasteiger partial charge < -0.3 is 20.1 Å². The van der Waals surface area contributed by atoms with Crippen molar-refractivity contribution in [2.75, 3.05) is 30.4 Å². The zero-order chi connectivity index (χ0) is 20.3. The van der Waals surface area contributed by atoms with Crippen molar-refractivity contribution in [3.63, 3.8) is 0 Å². The molecule has 0 unspecified atom stereocenters. The molecule has 1 atom stereocenters. The molecule has 0 bridgehead atoms. The Hall–Kier alpha value is -3.07. The number of hydrogen-bond acceptors (Lipinski definition) is 8. The van der Waals surface area contributed by atoms with Gasteiger partial charge in [-0.25, -0.2) is 19.9 Å². The normalized spacial score (nSPS) is 15.5. The number of hydrogen-bond donors (Lipinski definition) is 2. The zero-order valence-electron chi connectivity index (χ0n) is 17.3. The molecular formula is C22H26N6O2S. The average molecular weight is 439 g/mol. The van der Waals surface area contributed by atoms with Crippen LogP contribution in [0.4, 0.5) is 11.6 Å². The Kier molecular flexibility index (Phi) is 6.41. The highest BCUT2D eigenvalue weighted by Crippen LogP contribution is 2.35. The lowest BCUT2D eigenvalue weighted by Gasteiger charge is -2.22. The molecule has 162 valence electrons. The summed E-state index contributed by atoms with van der Waals surface area (Å²) >= 11 is 0. The van der Waals surface area contributed by atoms with Crippen LogP contribution in [0, 0.1) is 0 Å². The van der Waals surface area contributed by atoms with Crippen LogP contribution in [-0.4, -0.2) is 45.7 Å². The lowest BCUT2D eigenvalue weighted by Crippen LogP contribution is -2.19. The quantitative estimate of drug-likeness (QED) is 0.578. The van der Waals surface area contributed by atoms with Crippen LogP contribution in [0.3, 0.4) is 0 Å². The first-order chi connectivity index (χ1) is 14.8. The first-order valence-corrected chi connectivity index (χ1v) is 10.3. The standard InChI is InChI=1S/C22H24N6O2.H2S/c1-14(17-6-7-23-22-21(17)29-8-9-30-22)11-24-20-10-18(26-13-27-20)15-2-5-19(25-12-15)28-16-3-4-16;/h2,5-7,10,12-14,16H,3-4,8-9,11H2,1H3,(H,25,28)(H,24,26,27);1H2/t14-;/m1./s1. The zero-order valence-corrected chi connectivity index (χ0v) is 18.3. The van der Waals surface area contributed by atoms with Crippen LogP contribution in [0.5, 0.6) is 11.6 Å². The molecule has 3 aromatic rings. The summed E-state index contributed by atoms with van der Waals surface area (Å²) in [5, 5.41) is 6.80. The monoisotopic (exact) mass is 438 g/mol. The maximum atomic E-state index is 5.79. The van der Waals surface area contributed by atoms with Gasteiger partial charge in [-0.2, -0.15) is 13.5 Å². The van der Waals surface area contributed by atoms with Gasteiger partial charge in [0.25, 0.3) is 5.88 Å². The van der Waals surface area contributed by atoms with Gasteiger partial charge in [0.15, 0.2) is 5.75 Å². The predicted molar refractivity (Wildman–Crippen MR) is 124 cm³/mol. The molecule has 2 N–H and O–H groups in total. The highest BCUT2D eigenvalue weighted by molar-refractivity contribution is 7.59. The summed E-state index contributed by atoms with van der Waals surface area (Å²) in [6.45, 7) is 3.91. The Morgan fingerprint density at radius 2 is 1.90 bits per heavy atom. The van der Waals surface area contributed by atoms with E-state index in [4.69, 9.17) is 9.47 Å². The van der Waals surface area contributed by atoms with E-state index in [0.717, 1.165) is 34.2 Å². The fraction of sp³-hybridized carbons (Fsp3) is 0.364. The van der Waals surface area contributed by atoms with Crippen molar-refractivity contribution in [1.82, 2.24) is 19.9 Å². The molecule has 1 saturated carbocycles. The number of ether oxygens (including phenoxy) is 2. The predicted octanol–water partition coefficient (Wildman–Crippen LogP) is 3.61. The Bertz CT molecular complexity index is 1030. The number of nitrogens with one attached hydrogen (secondary N) is 2. The summed E-state index contributed by atoms with van der Waals surface area (Å²) in [6.07, 6.45) is 7.63. The van der Waals surface area contributed by atoms with Crippen LogP contribution in [0.15, 0.2) is 43.0 Å². The van der Waals surface area contributed by atoms with Gasteiger partial charge in [-0.05, 0) is 31.0 Å². The third kappa shape index (κ3) is 4.99. The van der Waals surface area contributed by atoms with Crippen LogP contribution in [0.25, 0.3) is 11.3 Å². The number of rotatable bonds is 7. The van der Waals surface area contributed by atoms with E-state index < -0.39 is 0 Å². The van der Waals surface area contributed by atoms with Gasteiger partial charge in [-0.1, -0.05) is 6.92 Å². The van der Waals surface area contributed by atoms with E-state index in [-0.39, 0.29) is 19.4 Å². The van der Waals surface area contributed by atoms with Gasteiger partial charge in [-0.15, -0.1) is 0 Å². The molecule has 2 aliphatic rings. The molecule has 5 rings (SSSR count). The van der Waals surface area contributed by atoms with Crippen molar-refractivity contribution >= 4 is 25.1 Å². The number of nitrogens with zero attached hydrogens (tertiary/aromatic N) is 4. The minimum absolute atomic E-state index is 0. The molecular weight excluding hydrogens is 412 g/mol. The van der Waals surface area contributed by atoms with E-state index in [9.17, 15) is 0 Å². The number of pyridine rings is 2. The Balaban J connectivity index is 0.00000231. The molecule has 0 radical (unpaired) electrons. The van der Waals surface area contributed by atoms with Crippen LogP contribution in [0.2, 0.25) is 0 Å². The maximum Gasteiger partial charge on any atom is 0.257 e. The van der Waals surface area contributed by atoms with E-state index in [1.165, 1.54) is 12.8 Å². The van der Waals surface area contributed by atoms with Crippen molar-refractivity contribution in [1.29, 1.82) is 0 Å². The Labute approximate surface area is 188 Å². The van der Waals surface area contributed by atoms with Crippen molar-refractivity contribution in [3.8, 4) is 22.9 Å². The number of aromatic nitrogens is 4. The minimum atomic E-state index is 0. The molecule has 0 saturated heterocycles. The molecule has 0 aromatic carbocycles. The molecule has 1 fully saturated rings. The number of anilines is 2. The summed E-state index contributed by atoms with van der Waals surface area (Å²) in [5.41, 5.74) is 2.87. The topological polar surface area (TPSA) is 94.1 Å². The number of fused-ring (bicyclic) bond motifs is 1. The third-order valence-corrected chi connectivity index (χ3v) is 5.25. The molecule has 3 aromatic heterocycles. The highest BCUT2D eigenvalue weighted by atomic mass is 32.1. The smallest absolute Gasteiger partial charge is 0.257 e. The molecule has 0 amide bonds. The van der Waals surface area contributed by atoms with Crippen LogP contribution < -0.4 is 20.1 Å². The largest absolute Gasteiger partial charge is 0.484 e. The second-order valence-corrected chi connectivity index (χ2v) is 7.65. The summed E-state index contributed by atoms with van der Waals surface area (Å²) in [4.78, 5) is 17.5. The van der Waals surface area contributed by atoms with Gasteiger partial charge in [0.05, 0.1) is 5.69 Å². The van der Waals surface area contributed by atoms with Crippen molar-refractivity contribution in [2.45, 2.75) is 31.7 Å². The second-order valence-electron chi connectivity index (χ2n) is 7.65. The van der Waals surface area contributed by atoms with Crippen LogP contribution >= 0.6 is 13.5 Å². The van der Waals surface area contributed by atoms with Gasteiger partial charge in [0.2, 0.25) is 0 Å². The fourth-order valence-corrected chi connectivity index (χ4v) is 3.41. The lowest BCUT2D eigenvalue weighted by molar-refractivity contribution is 0.162. The van der Waals surface area contributed by atoms with Gasteiger partial charge >= 0.3 is 0 Å². The van der Waals surface area contributed by atoms with Crippen molar-refractivity contribution in [3.05, 3.63) is 48.5 Å². The summed E-state index contributed by atoms with van der Waals surface area (Å²) in [5.74, 6) is 3.19. The lowest BCUT2D eigenvalue weighted by atomic mass is 10.0. The van der Waals surface area contributed by atoms with Crippen LogP contribution in [-0.2, 0) is 0 Å². The Morgan fingerprint density at radius 1 is 1.03 bits per heavy atom. The summed E-state index contributed by atoms with van der Waals surface area (Å²) in [7, 11) is 0. The minimum Gasteiger partial charge on any atom is -0.484 e. The molecule has 8 nitrogen and oxygen atoms in total. The van der Waals surface area contributed by atoms with Crippen molar-refractivity contribution in [2.24, 2.45) is 0 Å². The van der Waals surface area contributed by atoms with E-state index in [1.807, 2.05) is 30.5 Å². The Morgan fingerprint density at radius 3 is 2.71 bits per heavy atom. The molecule has 4 heterocycles. The molecule has 31 heavy (non-hydrogen) atoms. The maximum absolute atomic E-state index is 5.79. The highest BCUT2D eigenvalue weighted by Gasteiger charge is 2.22. The van der Waals surface area contributed by atoms with Crippen LogP contribution in [0.1, 0.15) is 31.2 Å².